The van der Waals surface area contributed by atoms with Crippen LogP contribution in [-0.4, -0.2) is 59.2 Å². The monoisotopic (exact) mass is 441 g/mol. The van der Waals surface area contributed by atoms with E-state index in [9.17, 15) is 14.0 Å². The summed E-state index contributed by atoms with van der Waals surface area (Å²) in [6, 6.07) is 13.8. The molecule has 1 fully saturated rings. The van der Waals surface area contributed by atoms with Crippen molar-refractivity contribution in [3.63, 3.8) is 0 Å². The fourth-order valence-electron chi connectivity index (χ4n) is 3.47. The number of piperazine rings is 1. The third kappa shape index (κ3) is 4.86. The van der Waals surface area contributed by atoms with E-state index in [0.717, 1.165) is 5.69 Å². The maximum atomic E-state index is 13.9. The van der Waals surface area contributed by atoms with Crippen LogP contribution in [0.1, 0.15) is 10.4 Å². The number of rotatable bonds is 5. The number of amides is 2. The third-order valence-electron chi connectivity index (χ3n) is 5.15. The fraction of sp³-hybridized carbons (Fsp3) is 0.227. The third-order valence-corrected chi connectivity index (χ3v) is 5.39. The standard InChI is InChI=1S/C22H21ClFN5O2/c23-17-4-3-5-18(12-17)27-8-10-28(11-9-27)21(30)14-25-22(31)16-13-26-29(15-16)20-7-2-1-6-19(20)24/h1-7,12-13,15H,8-11,14H2,(H,25,31). The molecule has 160 valence electrons. The van der Waals surface area contributed by atoms with E-state index in [1.54, 1.807) is 23.1 Å². The van der Waals surface area contributed by atoms with Crippen LogP contribution in [0.3, 0.4) is 0 Å². The number of halogens is 2. The smallest absolute Gasteiger partial charge is 0.254 e. The molecule has 1 N–H and O–H groups in total. The maximum absolute atomic E-state index is 13.9. The average molecular weight is 442 g/mol. The molecule has 1 saturated heterocycles. The first kappa shape index (κ1) is 20.9. The zero-order chi connectivity index (χ0) is 21.8. The Hall–Kier alpha value is -3.39. The van der Waals surface area contributed by atoms with E-state index in [1.165, 1.54) is 23.1 Å². The van der Waals surface area contributed by atoms with Crippen LogP contribution in [0, 0.1) is 5.82 Å². The van der Waals surface area contributed by atoms with Gasteiger partial charge in [-0.3, -0.25) is 9.59 Å². The molecule has 7 nitrogen and oxygen atoms in total. The lowest BCUT2D eigenvalue weighted by atomic mass is 10.2. The van der Waals surface area contributed by atoms with E-state index in [2.05, 4.69) is 15.3 Å². The van der Waals surface area contributed by atoms with Gasteiger partial charge in [-0.25, -0.2) is 9.07 Å². The molecule has 31 heavy (non-hydrogen) atoms. The summed E-state index contributed by atoms with van der Waals surface area (Å²) in [5.41, 5.74) is 1.52. The van der Waals surface area contributed by atoms with Crippen LogP contribution in [0.25, 0.3) is 5.69 Å². The molecule has 2 aromatic carbocycles. The zero-order valence-corrected chi connectivity index (χ0v) is 17.4. The van der Waals surface area contributed by atoms with Crippen molar-refractivity contribution in [2.75, 3.05) is 37.6 Å². The molecule has 4 rings (SSSR count). The van der Waals surface area contributed by atoms with E-state index < -0.39 is 11.7 Å². The molecule has 0 aliphatic carbocycles. The topological polar surface area (TPSA) is 70.5 Å². The molecule has 1 aliphatic rings. The van der Waals surface area contributed by atoms with E-state index in [0.29, 0.717) is 31.2 Å². The van der Waals surface area contributed by atoms with E-state index in [4.69, 9.17) is 11.6 Å². The summed E-state index contributed by atoms with van der Waals surface area (Å²) in [7, 11) is 0. The van der Waals surface area contributed by atoms with Crippen LogP contribution >= 0.6 is 11.6 Å². The number of carbonyl (C=O) groups is 2. The van der Waals surface area contributed by atoms with Gasteiger partial charge in [0.25, 0.3) is 5.91 Å². The van der Waals surface area contributed by atoms with E-state index >= 15 is 0 Å². The highest BCUT2D eigenvalue weighted by atomic mass is 35.5. The summed E-state index contributed by atoms with van der Waals surface area (Å²) in [4.78, 5) is 28.8. The molecule has 9 heteroatoms. The second-order valence-electron chi connectivity index (χ2n) is 7.16. The Labute approximate surface area is 184 Å². The lowest BCUT2D eigenvalue weighted by molar-refractivity contribution is -0.130. The summed E-state index contributed by atoms with van der Waals surface area (Å²) in [5, 5.41) is 7.33. The summed E-state index contributed by atoms with van der Waals surface area (Å²) < 4.78 is 15.2. The molecule has 0 atom stereocenters. The molecular weight excluding hydrogens is 421 g/mol. The minimum Gasteiger partial charge on any atom is -0.368 e. The van der Waals surface area contributed by atoms with Crippen molar-refractivity contribution in [1.29, 1.82) is 0 Å². The number of carbonyl (C=O) groups excluding carboxylic acids is 2. The minimum atomic E-state index is -0.440. The molecule has 2 amide bonds. The summed E-state index contributed by atoms with van der Waals surface area (Å²) in [6.45, 7) is 2.39. The summed E-state index contributed by atoms with van der Waals surface area (Å²) >= 11 is 6.05. The molecule has 0 spiro atoms. The van der Waals surface area contributed by atoms with Crippen molar-refractivity contribution < 1.29 is 14.0 Å². The van der Waals surface area contributed by atoms with Crippen LogP contribution in [0.5, 0.6) is 0 Å². The Kier molecular flexibility index (Phi) is 6.18. The van der Waals surface area contributed by atoms with Gasteiger partial charge in [-0.15, -0.1) is 0 Å². The molecule has 0 bridgehead atoms. The van der Waals surface area contributed by atoms with Gasteiger partial charge in [-0.05, 0) is 30.3 Å². The maximum Gasteiger partial charge on any atom is 0.254 e. The molecule has 1 aliphatic heterocycles. The Morgan fingerprint density at radius 1 is 1.06 bits per heavy atom. The number of benzene rings is 2. The number of hydrogen-bond acceptors (Lipinski definition) is 4. The van der Waals surface area contributed by atoms with E-state index in [1.807, 2.05) is 24.3 Å². The molecule has 0 radical (unpaired) electrons. The van der Waals surface area contributed by atoms with E-state index in [-0.39, 0.29) is 23.7 Å². The lowest BCUT2D eigenvalue weighted by Gasteiger charge is -2.36. The van der Waals surface area contributed by atoms with Gasteiger partial charge in [-0.1, -0.05) is 29.8 Å². The van der Waals surface area contributed by atoms with Crippen LogP contribution in [-0.2, 0) is 4.79 Å². The van der Waals surface area contributed by atoms with Crippen LogP contribution in [0.15, 0.2) is 60.9 Å². The van der Waals surface area contributed by atoms with Crippen molar-refractivity contribution in [2.45, 2.75) is 0 Å². The number of nitrogens with zero attached hydrogens (tertiary/aromatic N) is 4. The molecule has 1 aromatic heterocycles. The van der Waals surface area contributed by atoms with Gasteiger partial charge >= 0.3 is 0 Å². The number of hydrogen-bond donors (Lipinski definition) is 1. The molecule has 0 unspecified atom stereocenters. The highest BCUT2D eigenvalue weighted by molar-refractivity contribution is 6.30. The highest BCUT2D eigenvalue weighted by Crippen LogP contribution is 2.20. The Morgan fingerprint density at radius 2 is 1.84 bits per heavy atom. The van der Waals surface area contributed by atoms with Crippen molar-refractivity contribution >= 4 is 29.1 Å². The van der Waals surface area contributed by atoms with Gasteiger partial charge < -0.3 is 15.1 Å². The van der Waals surface area contributed by atoms with Crippen molar-refractivity contribution in [1.82, 2.24) is 20.0 Å². The Morgan fingerprint density at radius 3 is 2.58 bits per heavy atom. The number of para-hydroxylation sites is 1. The quantitative estimate of drug-likeness (QED) is 0.661. The predicted octanol–water partition coefficient (Wildman–Crippen LogP) is 2.74. The first-order valence-electron chi connectivity index (χ1n) is 9.87. The number of nitrogens with one attached hydrogen (secondary N) is 1. The molecular formula is C22H21ClFN5O2. The first-order valence-corrected chi connectivity index (χ1v) is 10.2. The van der Waals surface area contributed by atoms with Gasteiger partial charge in [-0.2, -0.15) is 5.10 Å². The number of aromatic nitrogens is 2. The normalized spacial score (nSPS) is 13.9. The predicted molar refractivity (Wildman–Crippen MR) is 116 cm³/mol. The average Bonchev–Trinajstić information content (AvgIpc) is 3.28. The van der Waals surface area contributed by atoms with Crippen LogP contribution in [0.4, 0.5) is 10.1 Å². The first-order chi connectivity index (χ1) is 15.0. The minimum absolute atomic E-state index is 0.110. The Balaban J connectivity index is 1.28. The zero-order valence-electron chi connectivity index (χ0n) is 16.7. The largest absolute Gasteiger partial charge is 0.368 e. The fourth-order valence-corrected chi connectivity index (χ4v) is 3.65. The summed E-state index contributed by atoms with van der Waals surface area (Å²) in [6.07, 6.45) is 2.78. The second kappa shape index (κ2) is 9.18. The van der Waals surface area contributed by atoms with Gasteiger partial charge in [0, 0.05) is 43.1 Å². The SMILES string of the molecule is O=C(NCC(=O)N1CCN(c2cccc(Cl)c2)CC1)c1cnn(-c2ccccc2F)c1. The molecule has 3 aromatic rings. The lowest BCUT2D eigenvalue weighted by Crippen LogP contribution is -2.51. The van der Waals surface area contributed by atoms with Crippen LogP contribution < -0.4 is 10.2 Å². The van der Waals surface area contributed by atoms with Gasteiger partial charge in [0.1, 0.15) is 11.5 Å². The van der Waals surface area contributed by atoms with Gasteiger partial charge in [0.15, 0.2) is 0 Å². The van der Waals surface area contributed by atoms with Gasteiger partial charge in [0.05, 0.1) is 18.3 Å². The summed E-state index contributed by atoms with van der Waals surface area (Å²) in [5.74, 6) is -1.03. The molecule has 2 heterocycles. The highest BCUT2D eigenvalue weighted by Gasteiger charge is 2.22. The number of anilines is 1. The van der Waals surface area contributed by atoms with Crippen molar-refractivity contribution in [2.24, 2.45) is 0 Å². The Bertz CT molecular complexity index is 1090. The second-order valence-corrected chi connectivity index (χ2v) is 7.59. The van der Waals surface area contributed by atoms with Crippen molar-refractivity contribution in [3.05, 3.63) is 77.3 Å². The van der Waals surface area contributed by atoms with Crippen LogP contribution in [0.2, 0.25) is 5.02 Å². The van der Waals surface area contributed by atoms with Crippen molar-refractivity contribution in [3.8, 4) is 5.69 Å². The molecule has 0 saturated carbocycles. The van der Waals surface area contributed by atoms with Gasteiger partial charge in [0.2, 0.25) is 5.91 Å².